The lowest BCUT2D eigenvalue weighted by molar-refractivity contribution is -0.137. The number of nitrogens with zero attached hydrogens (tertiary/aromatic N) is 1. The van der Waals surface area contributed by atoms with Gasteiger partial charge in [-0.15, -0.1) is 0 Å². The van der Waals surface area contributed by atoms with Gasteiger partial charge in [-0.1, -0.05) is 0 Å². The van der Waals surface area contributed by atoms with Crippen LogP contribution in [-0.4, -0.2) is 40.6 Å². The molecule has 0 aliphatic heterocycles. The Morgan fingerprint density at radius 3 is 2.56 bits per heavy atom. The number of rotatable bonds is 6. The largest absolute Gasteiger partial charge is 0.481 e. The van der Waals surface area contributed by atoms with Gasteiger partial charge in [0.25, 0.3) is 0 Å². The second-order valence-corrected chi connectivity index (χ2v) is 3.45. The Hall–Kier alpha value is -1.82. The monoisotopic (exact) mass is 227 g/mol. The van der Waals surface area contributed by atoms with Crippen LogP contribution >= 0.6 is 0 Å². The summed E-state index contributed by atoms with van der Waals surface area (Å²) in [5.74, 6) is -1.58. The van der Waals surface area contributed by atoms with E-state index in [1.807, 2.05) is 0 Å². The van der Waals surface area contributed by atoms with Crippen molar-refractivity contribution in [2.45, 2.75) is 13.0 Å². The van der Waals surface area contributed by atoms with Crippen molar-refractivity contribution in [3.8, 4) is 0 Å². The number of aromatic carboxylic acids is 1. The van der Waals surface area contributed by atoms with Gasteiger partial charge >= 0.3 is 11.9 Å². The lowest BCUT2D eigenvalue weighted by atomic mass is 10.3. The van der Waals surface area contributed by atoms with Crippen molar-refractivity contribution in [2.75, 3.05) is 13.6 Å². The molecule has 0 unspecified atom stereocenters. The third-order valence-corrected chi connectivity index (χ3v) is 2.01. The Morgan fingerprint density at radius 1 is 1.38 bits per heavy atom. The molecule has 1 heterocycles. The maximum atomic E-state index is 10.5. The highest BCUT2D eigenvalue weighted by molar-refractivity contribution is 5.84. The number of hydrogen-bond donors (Lipinski definition) is 2. The molecule has 0 bridgehead atoms. The highest BCUT2D eigenvalue weighted by Crippen LogP contribution is 2.09. The highest BCUT2D eigenvalue weighted by Gasteiger charge is 2.10. The van der Waals surface area contributed by atoms with E-state index in [1.54, 1.807) is 18.0 Å². The Labute approximate surface area is 92.1 Å². The number of aliphatic carboxylic acids is 1. The van der Waals surface area contributed by atoms with E-state index in [0.29, 0.717) is 18.8 Å². The zero-order valence-corrected chi connectivity index (χ0v) is 8.84. The summed E-state index contributed by atoms with van der Waals surface area (Å²) in [6.07, 6.45) is 0.0446. The number of furan rings is 1. The molecule has 0 aliphatic rings. The predicted octanol–water partition coefficient (Wildman–Crippen LogP) is 0.884. The Balaban J connectivity index is 2.46. The van der Waals surface area contributed by atoms with Crippen molar-refractivity contribution in [3.63, 3.8) is 0 Å². The van der Waals surface area contributed by atoms with Crippen LogP contribution in [0, 0.1) is 0 Å². The van der Waals surface area contributed by atoms with Crippen LogP contribution in [0.15, 0.2) is 16.5 Å². The van der Waals surface area contributed by atoms with E-state index in [4.69, 9.17) is 14.6 Å². The molecule has 0 amide bonds. The molecule has 0 spiro atoms. The van der Waals surface area contributed by atoms with Crippen LogP contribution in [0.4, 0.5) is 0 Å². The molecule has 0 fully saturated rings. The second kappa shape index (κ2) is 5.32. The molecule has 88 valence electrons. The maximum Gasteiger partial charge on any atom is 0.371 e. The summed E-state index contributed by atoms with van der Waals surface area (Å²) in [4.78, 5) is 22.6. The summed E-state index contributed by atoms with van der Waals surface area (Å²) in [7, 11) is 1.74. The van der Waals surface area contributed by atoms with Gasteiger partial charge in [0.1, 0.15) is 5.76 Å². The Bertz CT molecular complexity index is 384. The van der Waals surface area contributed by atoms with Gasteiger partial charge in [-0.2, -0.15) is 0 Å². The third kappa shape index (κ3) is 3.74. The van der Waals surface area contributed by atoms with Gasteiger partial charge in [0, 0.05) is 6.54 Å². The molecule has 6 nitrogen and oxygen atoms in total. The van der Waals surface area contributed by atoms with E-state index < -0.39 is 11.9 Å². The third-order valence-electron chi connectivity index (χ3n) is 2.01. The minimum atomic E-state index is -1.11. The van der Waals surface area contributed by atoms with E-state index in [1.165, 1.54) is 6.07 Å². The van der Waals surface area contributed by atoms with Crippen molar-refractivity contribution in [1.29, 1.82) is 0 Å². The van der Waals surface area contributed by atoms with Crippen LogP contribution in [0.1, 0.15) is 22.7 Å². The van der Waals surface area contributed by atoms with Gasteiger partial charge in [-0.05, 0) is 19.2 Å². The first kappa shape index (κ1) is 12.3. The fourth-order valence-corrected chi connectivity index (χ4v) is 1.21. The van der Waals surface area contributed by atoms with Crippen LogP contribution in [0.25, 0.3) is 0 Å². The zero-order chi connectivity index (χ0) is 12.1. The summed E-state index contributed by atoms with van der Waals surface area (Å²) in [5, 5.41) is 17.1. The smallest absolute Gasteiger partial charge is 0.371 e. The normalized spacial score (nSPS) is 10.6. The summed E-state index contributed by atoms with van der Waals surface area (Å²) in [6, 6.07) is 2.95. The SMILES string of the molecule is CN(CCC(=O)O)Cc1ccc(C(=O)O)o1. The number of carbonyl (C=O) groups is 2. The van der Waals surface area contributed by atoms with Gasteiger partial charge < -0.3 is 14.6 Å². The standard InChI is InChI=1S/C10H13NO5/c1-11(5-4-9(12)13)6-7-2-3-8(16-7)10(14)15/h2-3H,4-6H2,1H3,(H,12,13)(H,14,15). The van der Waals surface area contributed by atoms with E-state index >= 15 is 0 Å². The fraction of sp³-hybridized carbons (Fsp3) is 0.400. The number of hydrogen-bond acceptors (Lipinski definition) is 4. The molecular formula is C10H13NO5. The van der Waals surface area contributed by atoms with Crippen LogP contribution in [0.2, 0.25) is 0 Å². The lowest BCUT2D eigenvalue weighted by Gasteiger charge is -2.12. The van der Waals surface area contributed by atoms with Gasteiger partial charge in [-0.25, -0.2) is 4.79 Å². The minimum Gasteiger partial charge on any atom is -0.481 e. The fourth-order valence-electron chi connectivity index (χ4n) is 1.21. The summed E-state index contributed by atoms with van der Waals surface area (Å²) in [6.45, 7) is 0.777. The van der Waals surface area contributed by atoms with Crippen LogP contribution in [0.5, 0.6) is 0 Å². The van der Waals surface area contributed by atoms with E-state index in [9.17, 15) is 9.59 Å². The van der Waals surface area contributed by atoms with Gasteiger partial charge in [0.05, 0.1) is 13.0 Å². The quantitative estimate of drug-likeness (QED) is 0.749. The molecule has 2 N–H and O–H groups in total. The van der Waals surface area contributed by atoms with Gasteiger partial charge in [-0.3, -0.25) is 9.69 Å². The van der Waals surface area contributed by atoms with Crippen molar-refractivity contribution in [2.24, 2.45) is 0 Å². The molecule has 0 radical (unpaired) electrons. The van der Waals surface area contributed by atoms with Gasteiger partial charge in [0.2, 0.25) is 5.76 Å². The first-order valence-corrected chi connectivity index (χ1v) is 4.71. The molecular weight excluding hydrogens is 214 g/mol. The summed E-state index contributed by atoms with van der Waals surface area (Å²) >= 11 is 0. The average Bonchev–Trinajstić information content (AvgIpc) is 2.63. The first-order valence-electron chi connectivity index (χ1n) is 4.71. The van der Waals surface area contributed by atoms with Crippen LogP contribution in [0.3, 0.4) is 0 Å². The van der Waals surface area contributed by atoms with E-state index in [2.05, 4.69) is 0 Å². The Kier molecular flexibility index (Phi) is 4.07. The maximum absolute atomic E-state index is 10.5. The molecule has 6 heteroatoms. The molecule has 1 rings (SSSR count). The molecule has 0 aromatic carbocycles. The Morgan fingerprint density at radius 2 is 2.06 bits per heavy atom. The van der Waals surface area contributed by atoms with Crippen molar-refractivity contribution >= 4 is 11.9 Å². The molecule has 0 atom stereocenters. The molecule has 0 saturated carbocycles. The average molecular weight is 227 g/mol. The predicted molar refractivity (Wildman–Crippen MR) is 54.3 cm³/mol. The van der Waals surface area contributed by atoms with Crippen LogP contribution < -0.4 is 0 Å². The highest BCUT2D eigenvalue weighted by atomic mass is 16.4. The minimum absolute atomic E-state index is 0.0446. The summed E-state index contributed by atoms with van der Waals surface area (Å²) < 4.78 is 5.03. The topological polar surface area (TPSA) is 91.0 Å². The van der Waals surface area contributed by atoms with Crippen molar-refractivity contribution in [1.82, 2.24) is 4.90 Å². The molecule has 16 heavy (non-hydrogen) atoms. The van der Waals surface area contributed by atoms with Crippen molar-refractivity contribution in [3.05, 3.63) is 23.7 Å². The second-order valence-electron chi connectivity index (χ2n) is 3.45. The van der Waals surface area contributed by atoms with Crippen molar-refractivity contribution < 1.29 is 24.2 Å². The summed E-state index contributed by atoms with van der Waals surface area (Å²) in [5.41, 5.74) is 0. The number of carboxylic acids is 2. The zero-order valence-electron chi connectivity index (χ0n) is 8.84. The van der Waals surface area contributed by atoms with Crippen LogP contribution in [-0.2, 0) is 11.3 Å². The molecule has 0 saturated heterocycles. The molecule has 1 aromatic rings. The van der Waals surface area contributed by atoms with Gasteiger partial charge in [0.15, 0.2) is 0 Å². The van der Waals surface area contributed by atoms with E-state index in [-0.39, 0.29) is 12.2 Å². The lowest BCUT2D eigenvalue weighted by Crippen LogP contribution is -2.21. The van der Waals surface area contributed by atoms with E-state index in [0.717, 1.165) is 0 Å². The first-order chi connectivity index (χ1) is 7.49. The number of carboxylic acid groups (broad SMARTS) is 2. The molecule has 1 aromatic heterocycles. The molecule has 0 aliphatic carbocycles.